The summed E-state index contributed by atoms with van der Waals surface area (Å²) in [6.07, 6.45) is 0. The summed E-state index contributed by atoms with van der Waals surface area (Å²) < 4.78 is 21.3. The number of benzene rings is 1. The van der Waals surface area contributed by atoms with Gasteiger partial charge in [-0.3, -0.25) is 4.79 Å². The van der Waals surface area contributed by atoms with Gasteiger partial charge in [0, 0.05) is 25.2 Å². The maximum absolute atomic E-state index is 11.9. The third-order valence-electron chi connectivity index (χ3n) is 3.65. The van der Waals surface area contributed by atoms with Gasteiger partial charge in [-0.05, 0) is 13.1 Å². The normalized spacial score (nSPS) is 10.4. The number of methoxy groups -OCH3 is 3. The lowest BCUT2D eigenvalue weighted by Gasteiger charge is -2.18. The van der Waals surface area contributed by atoms with E-state index in [0.29, 0.717) is 29.5 Å². The zero-order valence-corrected chi connectivity index (χ0v) is 15.2. The van der Waals surface area contributed by atoms with Crippen molar-refractivity contribution in [1.82, 2.24) is 10.2 Å². The molecule has 1 rings (SSSR count). The number of rotatable bonds is 11. The molecule has 0 atom stereocenters. The van der Waals surface area contributed by atoms with Crippen molar-refractivity contribution in [3.63, 3.8) is 0 Å². The average Bonchev–Trinajstić information content (AvgIpc) is 2.62. The molecule has 0 aromatic heterocycles. The lowest BCUT2D eigenvalue weighted by atomic mass is 10.2. The van der Waals surface area contributed by atoms with Gasteiger partial charge in [-0.15, -0.1) is 0 Å². The third kappa shape index (κ3) is 5.81. The predicted octanol–water partition coefficient (Wildman–Crippen LogP) is 1.55. The van der Waals surface area contributed by atoms with Gasteiger partial charge in [0.2, 0.25) is 5.75 Å². The van der Waals surface area contributed by atoms with Crippen LogP contribution < -0.4 is 24.3 Å². The van der Waals surface area contributed by atoms with Crippen molar-refractivity contribution in [2.24, 2.45) is 0 Å². The van der Waals surface area contributed by atoms with Crippen LogP contribution in [0.3, 0.4) is 0 Å². The van der Waals surface area contributed by atoms with Crippen LogP contribution in [0.2, 0.25) is 0 Å². The van der Waals surface area contributed by atoms with Crippen LogP contribution in [0.15, 0.2) is 12.1 Å². The molecule has 0 aliphatic heterocycles. The number of amides is 1. The number of nitrogens with one attached hydrogen (secondary N) is 1. The number of carbonyl (C=O) groups excluding carboxylic acids is 1. The summed E-state index contributed by atoms with van der Waals surface area (Å²) in [6.45, 7) is 7.47. The molecule has 0 aliphatic carbocycles. The lowest BCUT2D eigenvalue weighted by Crippen LogP contribution is -2.36. The van der Waals surface area contributed by atoms with Crippen LogP contribution in [-0.2, 0) is 4.79 Å². The van der Waals surface area contributed by atoms with Gasteiger partial charge in [0.1, 0.15) is 5.75 Å². The highest BCUT2D eigenvalue weighted by atomic mass is 16.5. The molecule has 0 fully saturated rings. The molecule has 1 amide bonds. The van der Waals surface area contributed by atoms with Crippen molar-refractivity contribution in [2.75, 3.05) is 54.1 Å². The highest BCUT2D eigenvalue weighted by molar-refractivity contribution is 5.77. The molecule has 136 valence electrons. The van der Waals surface area contributed by atoms with Gasteiger partial charge in [0.25, 0.3) is 5.91 Å². The van der Waals surface area contributed by atoms with Crippen LogP contribution in [0, 0.1) is 0 Å². The summed E-state index contributed by atoms with van der Waals surface area (Å²) in [5.41, 5.74) is 0. The second kappa shape index (κ2) is 10.6. The molecule has 1 aromatic carbocycles. The molecule has 7 heteroatoms. The average molecular weight is 340 g/mol. The Morgan fingerprint density at radius 2 is 1.62 bits per heavy atom. The van der Waals surface area contributed by atoms with Crippen LogP contribution >= 0.6 is 0 Å². The number of hydrogen-bond acceptors (Lipinski definition) is 6. The minimum atomic E-state index is -0.170. The first kappa shape index (κ1) is 19.9. The third-order valence-corrected chi connectivity index (χ3v) is 3.65. The Bertz CT molecular complexity index is 493. The molecule has 0 saturated carbocycles. The molecule has 1 N–H and O–H groups in total. The molecule has 0 saturated heterocycles. The van der Waals surface area contributed by atoms with Gasteiger partial charge in [0.15, 0.2) is 18.1 Å². The van der Waals surface area contributed by atoms with E-state index in [1.807, 2.05) is 0 Å². The molecular weight excluding hydrogens is 312 g/mol. The Morgan fingerprint density at radius 1 is 1.04 bits per heavy atom. The first-order valence-electron chi connectivity index (χ1n) is 8.01. The van der Waals surface area contributed by atoms with Crippen LogP contribution in [0.1, 0.15) is 13.8 Å². The molecule has 0 bridgehead atoms. The van der Waals surface area contributed by atoms with E-state index in [1.54, 1.807) is 12.1 Å². The van der Waals surface area contributed by atoms with Gasteiger partial charge < -0.3 is 29.2 Å². The van der Waals surface area contributed by atoms with Crippen molar-refractivity contribution in [3.05, 3.63) is 12.1 Å². The second-order valence-corrected chi connectivity index (χ2v) is 5.03. The van der Waals surface area contributed by atoms with E-state index in [0.717, 1.165) is 19.6 Å². The highest BCUT2D eigenvalue weighted by Crippen LogP contribution is 2.40. The number of carbonyl (C=O) groups is 1. The van der Waals surface area contributed by atoms with E-state index in [1.165, 1.54) is 21.3 Å². The van der Waals surface area contributed by atoms with E-state index >= 15 is 0 Å². The van der Waals surface area contributed by atoms with Gasteiger partial charge >= 0.3 is 0 Å². The van der Waals surface area contributed by atoms with Gasteiger partial charge in [-0.2, -0.15) is 0 Å². The number of likely N-dealkylation sites (N-methyl/N-ethyl adjacent to an activating group) is 1. The largest absolute Gasteiger partial charge is 0.493 e. The minimum absolute atomic E-state index is 0.0725. The molecule has 0 aliphatic rings. The molecule has 7 nitrogen and oxygen atoms in total. The first-order chi connectivity index (χ1) is 11.6. The molecule has 0 spiro atoms. The second-order valence-electron chi connectivity index (χ2n) is 5.03. The molecular formula is C17H28N2O5. The van der Waals surface area contributed by atoms with E-state index in [-0.39, 0.29) is 12.5 Å². The van der Waals surface area contributed by atoms with E-state index in [2.05, 4.69) is 24.1 Å². The molecule has 24 heavy (non-hydrogen) atoms. The first-order valence-corrected chi connectivity index (χ1v) is 8.01. The van der Waals surface area contributed by atoms with Crippen molar-refractivity contribution in [1.29, 1.82) is 0 Å². The van der Waals surface area contributed by atoms with Crippen molar-refractivity contribution < 1.29 is 23.7 Å². The quantitative estimate of drug-likeness (QED) is 0.659. The maximum atomic E-state index is 11.9. The van der Waals surface area contributed by atoms with Crippen LogP contribution in [0.25, 0.3) is 0 Å². The van der Waals surface area contributed by atoms with E-state index < -0.39 is 0 Å². The van der Waals surface area contributed by atoms with Crippen molar-refractivity contribution in [3.8, 4) is 23.0 Å². The van der Waals surface area contributed by atoms with Gasteiger partial charge in [0.05, 0.1) is 21.3 Å². The molecule has 1 aromatic rings. The maximum Gasteiger partial charge on any atom is 0.257 e. The zero-order valence-electron chi connectivity index (χ0n) is 15.2. The monoisotopic (exact) mass is 340 g/mol. The number of nitrogens with zero attached hydrogens (tertiary/aromatic N) is 1. The SMILES string of the molecule is CCN(CC)CCNC(=O)COc1cc(OC)c(OC)c(OC)c1. The van der Waals surface area contributed by atoms with E-state index in [9.17, 15) is 4.79 Å². The standard InChI is InChI=1S/C17H28N2O5/c1-6-19(7-2)9-8-18-16(20)12-24-13-10-14(21-3)17(23-5)15(11-13)22-4/h10-11H,6-9,12H2,1-5H3,(H,18,20). The minimum Gasteiger partial charge on any atom is -0.493 e. The molecule has 0 heterocycles. The van der Waals surface area contributed by atoms with Crippen molar-refractivity contribution in [2.45, 2.75) is 13.8 Å². The highest BCUT2D eigenvalue weighted by Gasteiger charge is 2.14. The van der Waals surface area contributed by atoms with Crippen LogP contribution in [0.4, 0.5) is 0 Å². The summed E-state index contributed by atoms with van der Waals surface area (Å²) in [5, 5.41) is 2.84. The van der Waals surface area contributed by atoms with Gasteiger partial charge in [-0.1, -0.05) is 13.8 Å². The summed E-state index contributed by atoms with van der Waals surface area (Å²) in [6, 6.07) is 3.31. The fourth-order valence-electron chi connectivity index (χ4n) is 2.23. The van der Waals surface area contributed by atoms with Crippen molar-refractivity contribution >= 4 is 5.91 Å². The Kier molecular flexibility index (Phi) is 8.78. The number of hydrogen-bond donors (Lipinski definition) is 1. The summed E-state index contributed by atoms with van der Waals surface area (Å²) >= 11 is 0. The molecule has 0 unspecified atom stereocenters. The fourth-order valence-corrected chi connectivity index (χ4v) is 2.23. The smallest absolute Gasteiger partial charge is 0.257 e. The Morgan fingerprint density at radius 3 is 2.08 bits per heavy atom. The fraction of sp³-hybridized carbons (Fsp3) is 0.588. The van der Waals surface area contributed by atoms with E-state index in [4.69, 9.17) is 18.9 Å². The summed E-state index contributed by atoms with van der Waals surface area (Å²) in [4.78, 5) is 14.1. The lowest BCUT2D eigenvalue weighted by molar-refractivity contribution is -0.123. The Hall–Kier alpha value is -2.15. The topological polar surface area (TPSA) is 69.3 Å². The Labute approximate surface area is 143 Å². The summed E-state index contributed by atoms with van der Waals surface area (Å²) in [5.74, 6) is 1.75. The van der Waals surface area contributed by atoms with Gasteiger partial charge in [-0.25, -0.2) is 0 Å². The molecule has 0 radical (unpaired) electrons. The van der Waals surface area contributed by atoms with Crippen LogP contribution in [-0.4, -0.2) is 64.9 Å². The Balaban J connectivity index is 2.56. The van der Waals surface area contributed by atoms with Crippen LogP contribution in [0.5, 0.6) is 23.0 Å². The number of ether oxygens (including phenoxy) is 4. The zero-order chi connectivity index (χ0) is 17.9. The summed E-state index contributed by atoms with van der Waals surface area (Å²) in [7, 11) is 4.59. The predicted molar refractivity (Wildman–Crippen MR) is 92.4 cm³/mol.